The molecule has 2 rings (SSSR count). The number of pyridine rings is 1. The van der Waals surface area contributed by atoms with Crippen molar-refractivity contribution in [3.63, 3.8) is 0 Å². The summed E-state index contributed by atoms with van der Waals surface area (Å²) in [6.07, 6.45) is 0. The van der Waals surface area contributed by atoms with Gasteiger partial charge in [-0.25, -0.2) is 5.84 Å². The number of hydrazine groups is 1. The molecule has 0 fully saturated rings. The Morgan fingerprint density at radius 2 is 1.90 bits per heavy atom. The predicted octanol–water partition coefficient (Wildman–Crippen LogP) is 3.26. The zero-order valence-corrected chi connectivity index (χ0v) is 13.3. The summed E-state index contributed by atoms with van der Waals surface area (Å²) >= 11 is 0. The molecule has 112 valence electrons. The van der Waals surface area contributed by atoms with Gasteiger partial charge in [-0.3, -0.25) is 15.2 Å². The van der Waals surface area contributed by atoms with E-state index in [9.17, 15) is 4.79 Å². The Morgan fingerprint density at radius 1 is 1.24 bits per heavy atom. The van der Waals surface area contributed by atoms with Crippen LogP contribution in [0.25, 0.3) is 10.9 Å². The van der Waals surface area contributed by atoms with Crippen LogP contribution in [0.5, 0.6) is 0 Å². The molecule has 2 aromatic rings. The molecule has 1 heterocycles. The van der Waals surface area contributed by atoms with Crippen LogP contribution in [-0.4, -0.2) is 10.9 Å². The van der Waals surface area contributed by atoms with Gasteiger partial charge in [-0.15, -0.1) is 0 Å². The SMILES string of the molecule is CC(C)c1ccc2nc(C(C)(C)C)cc(C(=O)NN)c2c1. The molecule has 4 heteroatoms. The number of nitrogen functional groups attached to an aromatic ring is 1. The van der Waals surface area contributed by atoms with Crippen molar-refractivity contribution in [3.8, 4) is 0 Å². The third-order valence-electron chi connectivity index (χ3n) is 3.64. The van der Waals surface area contributed by atoms with Crippen LogP contribution in [0.15, 0.2) is 24.3 Å². The second-order valence-corrected chi connectivity index (χ2v) is 6.71. The molecule has 3 N–H and O–H groups in total. The largest absolute Gasteiger partial charge is 0.290 e. The molecule has 0 saturated carbocycles. The second-order valence-electron chi connectivity index (χ2n) is 6.71. The molecule has 0 aliphatic rings. The van der Waals surface area contributed by atoms with Crippen LogP contribution in [0, 0.1) is 0 Å². The van der Waals surface area contributed by atoms with Gasteiger partial charge in [-0.2, -0.15) is 0 Å². The first kappa shape index (κ1) is 15.4. The van der Waals surface area contributed by atoms with Gasteiger partial charge in [-0.05, 0) is 29.7 Å². The van der Waals surface area contributed by atoms with Crippen molar-refractivity contribution in [3.05, 3.63) is 41.1 Å². The van der Waals surface area contributed by atoms with E-state index in [1.165, 1.54) is 5.56 Å². The van der Waals surface area contributed by atoms with Gasteiger partial charge in [0.2, 0.25) is 0 Å². The minimum absolute atomic E-state index is 0.130. The highest BCUT2D eigenvalue weighted by Crippen LogP contribution is 2.28. The van der Waals surface area contributed by atoms with Gasteiger partial charge in [0, 0.05) is 16.5 Å². The van der Waals surface area contributed by atoms with E-state index in [0.717, 1.165) is 16.6 Å². The molecule has 1 amide bonds. The maximum atomic E-state index is 12.1. The topological polar surface area (TPSA) is 68.0 Å². The summed E-state index contributed by atoms with van der Waals surface area (Å²) < 4.78 is 0. The molecule has 0 unspecified atom stereocenters. The number of amides is 1. The van der Waals surface area contributed by atoms with Crippen molar-refractivity contribution in [2.45, 2.75) is 46.0 Å². The highest BCUT2D eigenvalue weighted by Gasteiger charge is 2.20. The molecule has 1 aromatic carbocycles. The molecule has 0 radical (unpaired) electrons. The number of carbonyl (C=O) groups excluding carboxylic acids is 1. The molecule has 4 nitrogen and oxygen atoms in total. The Hall–Kier alpha value is -1.94. The van der Waals surface area contributed by atoms with Crippen LogP contribution >= 0.6 is 0 Å². The number of rotatable bonds is 2. The van der Waals surface area contributed by atoms with Gasteiger partial charge in [-0.1, -0.05) is 40.7 Å². The monoisotopic (exact) mass is 285 g/mol. The van der Waals surface area contributed by atoms with Crippen molar-refractivity contribution in [2.24, 2.45) is 5.84 Å². The van der Waals surface area contributed by atoms with E-state index in [2.05, 4.69) is 46.1 Å². The predicted molar refractivity (Wildman–Crippen MR) is 86.2 cm³/mol. The average molecular weight is 285 g/mol. The Morgan fingerprint density at radius 3 is 2.43 bits per heavy atom. The number of nitrogens with zero attached hydrogens (tertiary/aromatic N) is 1. The van der Waals surface area contributed by atoms with Crippen LogP contribution in [0.4, 0.5) is 0 Å². The first-order chi connectivity index (χ1) is 9.74. The van der Waals surface area contributed by atoms with E-state index in [0.29, 0.717) is 11.5 Å². The molecule has 0 atom stereocenters. The summed E-state index contributed by atoms with van der Waals surface area (Å²) in [6.45, 7) is 10.5. The summed E-state index contributed by atoms with van der Waals surface area (Å²) in [6, 6.07) is 7.92. The average Bonchev–Trinajstić information content (AvgIpc) is 2.43. The third kappa shape index (κ3) is 3.05. The van der Waals surface area contributed by atoms with Crippen LogP contribution in [0.3, 0.4) is 0 Å². The lowest BCUT2D eigenvalue weighted by atomic mass is 9.89. The zero-order chi connectivity index (χ0) is 15.8. The van der Waals surface area contributed by atoms with Crippen LogP contribution in [0.1, 0.15) is 62.2 Å². The number of hydrogen-bond donors (Lipinski definition) is 2. The number of hydrogen-bond acceptors (Lipinski definition) is 3. The quantitative estimate of drug-likeness (QED) is 0.505. The first-order valence-corrected chi connectivity index (χ1v) is 7.20. The van der Waals surface area contributed by atoms with Crippen molar-refractivity contribution >= 4 is 16.8 Å². The van der Waals surface area contributed by atoms with Crippen molar-refractivity contribution in [1.82, 2.24) is 10.4 Å². The maximum absolute atomic E-state index is 12.1. The fourth-order valence-electron chi connectivity index (χ4n) is 2.25. The molecule has 1 aromatic heterocycles. The fraction of sp³-hybridized carbons (Fsp3) is 0.412. The third-order valence-corrected chi connectivity index (χ3v) is 3.64. The van der Waals surface area contributed by atoms with Gasteiger partial charge in [0.05, 0.1) is 11.1 Å². The summed E-state index contributed by atoms with van der Waals surface area (Å²) in [5, 5.41) is 0.845. The lowest BCUT2D eigenvalue weighted by Crippen LogP contribution is -2.30. The molecular weight excluding hydrogens is 262 g/mol. The van der Waals surface area contributed by atoms with Gasteiger partial charge >= 0.3 is 0 Å². The number of benzene rings is 1. The summed E-state index contributed by atoms with van der Waals surface area (Å²) in [5.74, 6) is 5.44. The molecule has 0 aliphatic heterocycles. The standard InChI is InChI=1S/C17H23N3O/c1-10(2)11-6-7-14-12(8-11)13(16(21)20-18)9-15(19-14)17(3,4)5/h6-10H,18H2,1-5H3,(H,20,21). The minimum Gasteiger partial charge on any atom is -0.290 e. The van der Waals surface area contributed by atoms with E-state index in [1.807, 2.05) is 18.2 Å². The number of carbonyl (C=O) groups is 1. The molecule has 21 heavy (non-hydrogen) atoms. The van der Waals surface area contributed by atoms with E-state index in [1.54, 1.807) is 0 Å². The number of fused-ring (bicyclic) bond motifs is 1. The van der Waals surface area contributed by atoms with Gasteiger partial charge in [0.25, 0.3) is 5.91 Å². The van der Waals surface area contributed by atoms with Crippen molar-refractivity contribution in [2.75, 3.05) is 0 Å². The summed E-state index contributed by atoms with van der Waals surface area (Å²) in [4.78, 5) is 16.8. The Balaban J connectivity index is 2.78. The lowest BCUT2D eigenvalue weighted by Gasteiger charge is -2.20. The molecule has 0 bridgehead atoms. The van der Waals surface area contributed by atoms with E-state index >= 15 is 0 Å². The molecule has 0 spiro atoms. The second kappa shape index (κ2) is 5.45. The Kier molecular flexibility index (Phi) is 4.01. The summed E-state index contributed by atoms with van der Waals surface area (Å²) in [5.41, 5.74) is 5.57. The first-order valence-electron chi connectivity index (χ1n) is 7.20. The molecular formula is C17H23N3O. The van der Waals surface area contributed by atoms with E-state index < -0.39 is 0 Å². The lowest BCUT2D eigenvalue weighted by molar-refractivity contribution is 0.0955. The number of aromatic nitrogens is 1. The van der Waals surface area contributed by atoms with Gasteiger partial charge < -0.3 is 0 Å². The smallest absolute Gasteiger partial charge is 0.265 e. The van der Waals surface area contributed by atoms with Gasteiger partial charge in [0.15, 0.2) is 0 Å². The fourth-order valence-corrected chi connectivity index (χ4v) is 2.25. The molecule has 0 saturated heterocycles. The highest BCUT2D eigenvalue weighted by atomic mass is 16.2. The summed E-state index contributed by atoms with van der Waals surface area (Å²) in [7, 11) is 0. The van der Waals surface area contributed by atoms with Crippen molar-refractivity contribution < 1.29 is 4.79 Å². The van der Waals surface area contributed by atoms with E-state index in [-0.39, 0.29) is 11.3 Å². The van der Waals surface area contributed by atoms with Gasteiger partial charge in [0.1, 0.15) is 0 Å². The zero-order valence-electron chi connectivity index (χ0n) is 13.3. The number of nitrogens with one attached hydrogen (secondary N) is 1. The molecule has 0 aliphatic carbocycles. The Labute approximate surface area is 125 Å². The van der Waals surface area contributed by atoms with Crippen LogP contribution in [-0.2, 0) is 5.41 Å². The van der Waals surface area contributed by atoms with E-state index in [4.69, 9.17) is 10.8 Å². The number of nitrogens with two attached hydrogens (primary N) is 1. The van der Waals surface area contributed by atoms with Crippen LogP contribution < -0.4 is 11.3 Å². The normalized spacial score (nSPS) is 12.0. The minimum atomic E-state index is -0.284. The maximum Gasteiger partial charge on any atom is 0.265 e. The highest BCUT2D eigenvalue weighted by molar-refractivity contribution is 6.06. The van der Waals surface area contributed by atoms with Crippen LogP contribution in [0.2, 0.25) is 0 Å². The Bertz CT molecular complexity index is 684. The van der Waals surface area contributed by atoms with Crippen molar-refractivity contribution in [1.29, 1.82) is 0 Å².